The van der Waals surface area contributed by atoms with E-state index in [2.05, 4.69) is 0 Å². The summed E-state index contributed by atoms with van der Waals surface area (Å²) in [5.41, 5.74) is 1.40. The maximum Gasteiger partial charge on any atom is 0.135 e. The first-order valence-electron chi connectivity index (χ1n) is 17.7. The van der Waals surface area contributed by atoms with Gasteiger partial charge in [-0.15, -0.1) is 0 Å². The van der Waals surface area contributed by atoms with Crippen LogP contribution in [0.1, 0.15) is 63.2 Å². The molecule has 0 aromatic heterocycles. The van der Waals surface area contributed by atoms with Crippen molar-refractivity contribution in [2.45, 2.75) is 73.1 Å². The van der Waals surface area contributed by atoms with Gasteiger partial charge in [0.1, 0.15) is 102 Å². The normalized spacial score (nSPS) is 31.6. The van der Waals surface area contributed by atoms with Crippen LogP contribution in [-0.4, -0.2) is 128 Å². The van der Waals surface area contributed by atoms with E-state index in [4.69, 9.17) is 14.2 Å². The van der Waals surface area contributed by atoms with Crippen LogP contribution in [-0.2, 0) is 9.47 Å². The molecule has 3 aliphatic rings. The number of benzene rings is 4. The maximum absolute atomic E-state index is 11.6. The number of hydrogen-bond donors (Lipinski definition) is 13. The molecule has 0 aliphatic carbocycles. The molecule has 0 bridgehead atoms. The Kier molecular flexibility index (Phi) is 10.9. The quantitative estimate of drug-likeness (QED) is 0.110. The van der Waals surface area contributed by atoms with Crippen LogP contribution in [0.3, 0.4) is 0 Å². The average molecular weight is 779 g/mol. The highest BCUT2D eigenvalue weighted by atomic mass is 16.6. The second-order valence-corrected chi connectivity index (χ2v) is 14.1. The van der Waals surface area contributed by atoms with Gasteiger partial charge in [-0.3, -0.25) is 0 Å². The van der Waals surface area contributed by atoms with Gasteiger partial charge in [-0.2, -0.15) is 0 Å². The monoisotopic (exact) mass is 778 g/mol. The molecule has 2 fully saturated rings. The lowest BCUT2D eigenvalue weighted by Crippen LogP contribution is -2.55. The Bertz CT molecular complexity index is 2040. The summed E-state index contributed by atoms with van der Waals surface area (Å²) in [5, 5.41) is 138. The molecule has 56 heavy (non-hydrogen) atoms. The zero-order valence-corrected chi connectivity index (χ0v) is 29.4. The van der Waals surface area contributed by atoms with Crippen molar-refractivity contribution < 1.29 is 80.6 Å². The predicted octanol–water partition coefficient (Wildman–Crippen LogP) is 0.680. The predicted molar refractivity (Wildman–Crippen MR) is 194 cm³/mol. The molecule has 4 aromatic carbocycles. The van der Waals surface area contributed by atoms with Crippen molar-refractivity contribution >= 4 is 12.2 Å². The Morgan fingerprint density at radius 3 is 1.48 bits per heavy atom. The lowest BCUT2D eigenvalue weighted by atomic mass is 9.80. The molecule has 298 valence electrons. The fourth-order valence-electron chi connectivity index (χ4n) is 7.74. The largest absolute Gasteiger partial charge is 0.508 e. The zero-order chi connectivity index (χ0) is 40.2. The van der Waals surface area contributed by atoms with Crippen molar-refractivity contribution in [2.24, 2.45) is 0 Å². The molecule has 4 aromatic rings. The van der Waals surface area contributed by atoms with Crippen molar-refractivity contribution in [3.63, 3.8) is 0 Å². The van der Waals surface area contributed by atoms with E-state index >= 15 is 0 Å². The first-order chi connectivity index (χ1) is 26.7. The molecule has 7 rings (SSSR count). The summed E-state index contributed by atoms with van der Waals surface area (Å²) in [6.07, 6.45) is -14.3. The number of phenols is 5. The molecule has 16 heteroatoms. The van der Waals surface area contributed by atoms with E-state index in [-0.39, 0.29) is 33.9 Å². The Morgan fingerprint density at radius 1 is 0.482 bits per heavy atom. The molecule has 16 nitrogen and oxygen atoms in total. The number of phenolic OH excluding ortho intramolecular Hbond substituents is 5. The minimum atomic E-state index is -1.84. The maximum atomic E-state index is 11.6. The number of fused-ring (bicyclic) bond motifs is 1. The molecule has 3 heterocycles. The van der Waals surface area contributed by atoms with E-state index in [0.717, 1.165) is 0 Å². The molecule has 12 atom stereocenters. The van der Waals surface area contributed by atoms with Gasteiger partial charge < -0.3 is 80.6 Å². The summed E-state index contributed by atoms with van der Waals surface area (Å²) >= 11 is 0. The Labute approximate surface area is 318 Å². The molecule has 0 spiro atoms. The number of rotatable bonds is 8. The highest BCUT2D eigenvalue weighted by Crippen LogP contribution is 2.58. The molecule has 0 radical (unpaired) electrons. The van der Waals surface area contributed by atoms with E-state index in [0.29, 0.717) is 22.3 Å². The first-order valence-corrected chi connectivity index (χ1v) is 17.7. The second kappa shape index (κ2) is 15.5. The van der Waals surface area contributed by atoms with Gasteiger partial charge in [0.2, 0.25) is 0 Å². The van der Waals surface area contributed by atoms with Gasteiger partial charge in [-0.1, -0.05) is 36.4 Å². The molecular weight excluding hydrogens is 736 g/mol. The number of ether oxygens (including phenoxy) is 3. The Morgan fingerprint density at radius 2 is 0.964 bits per heavy atom. The lowest BCUT2D eigenvalue weighted by molar-refractivity contribution is -0.232. The molecule has 0 amide bonds. The minimum absolute atomic E-state index is 0.0292. The van der Waals surface area contributed by atoms with Crippen LogP contribution in [0.15, 0.2) is 66.7 Å². The van der Waals surface area contributed by atoms with Crippen molar-refractivity contribution in [1.82, 2.24) is 0 Å². The smallest absolute Gasteiger partial charge is 0.135 e. The number of aliphatic hydroxyl groups excluding tert-OH is 8. The van der Waals surface area contributed by atoms with Gasteiger partial charge >= 0.3 is 0 Å². The van der Waals surface area contributed by atoms with E-state index in [1.165, 1.54) is 42.5 Å². The summed E-state index contributed by atoms with van der Waals surface area (Å²) in [6.45, 7) is -1.51. The molecule has 13 N–H and O–H groups in total. The van der Waals surface area contributed by atoms with E-state index in [9.17, 15) is 66.4 Å². The van der Waals surface area contributed by atoms with E-state index in [1.54, 1.807) is 36.4 Å². The third kappa shape index (κ3) is 6.90. The average Bonchev–Trinajstić information content (AvgIpc) is 3.57. The third-order valence-corrected chi connectivity index (χ3v) is 10.7. The van der Waals surface area contributed by atoms with Crippen LogP contribution in [0.2, 0.25) is 0 Å². The number of hydrogen-bond acceptors (Lipinski definition) is 16. The summed E-state index contributed by atoms with van der Waals surface area (Å²) in [5.74, 6) is -2.79. The number of aromatic hydroxyl groups is 5. The summed E-state index contributed by atoms with van der Waals surface area (Å²) in [4.78, 5) is 0. The molecule has 2 unspecified atom stereocenters. The van der Waals surface area contributed by atoms with Gasteiger partial charge in [-0.25, -0.2) is 0 Å². The van der Waals surface area contributed by atoms with Gasteiger partial charge in [-0.05, 0) is 64.7 Å². The SMILES string of the molecule is OC[C@H]1OC(c2c(O)cc([C@@H]3c4c(/C=C/c5ccc(O)cc5)cc(O)c(C5O[C@H](CO)[C@@H](O)[C@H](O)[C@H]5O)c4O[C@H]3c3ccc(O)cc3)cc2O)[C@H](O)[C@@H](O)[C@@H]1O. The van der Waals surface area contributed by atoms with Gasteiger partial charge in [0.15, 0.2) is 0 Å². The Hall–Kier alpha value is -4.98. The zero-order valence-electron chi connectivity index (χ0n) is 29.4. The van der Waals surface area contributed by atoms with Crippen LogP contribution in [0, 0.1) is 0 Å². The van der Waals surface area contributed by atoms with Crippen LogP contribution in [0.5, 0.6) is 34.5 Å². The highest BCUT2D eigenvalue weighted by Gasteiger charge is 2.50. The van der Waals surface area contributed by atoms with Crippen LogP contribution in [0.4, 0.5) is 0 Å². The fourth-order valence-corrected chi connectivity index (χ4v) is 7.74. The third-order valence-electron chi connectivity index (χ3n) is 10.7. The molecule has 3 aliphatic heterocycles. The second-order valence-electron chi connectivity index (χ2n) is 14.1. The summed E-state index contributed by atoms with van der Waals surface area (Å²) in [6, 6.07) is 16.0. The van der Waals surface area contributed by atoms with Gasteiger partial charge in [0.25, 0.3) is 0 Å². The highest BCUT2D eigenvalue weighted by molar-refractivity contribution is 5.77. The van der Waals surface area contributed by atoms with Crippen LogP contribution in [0.25, 0.3) is 12.2 Å². The van der Waals surface area contributed by atoms with Crippen molar-refractivity contribution in [3.8, 4) is 34.5 Å². The van der Waals surface area contributed by atoms with Gasteiger partial charge in [0, 0.05) is 5.56 Å². The lowest BCUT2D eigenvalue weighted by Gasteiger charge is -2.40. The van der Waals surface area contributed by atoms with Crippen molar-refractivity contribution in [3.05, 3.63) is 106 Å². The van der Waals surface area contributed by atoms with Gasteiger partial charge in [0.05, 0.1) is 30.3 Å². The first kappa shape index (κ1) is 39.3. The van der Waals surface area contributed by atoms with Crippen LogP contribution < -0.4 is 4.74 Å². The summed E-state index contributed by atoms with van der Waals surface area (Å²) < 4.78 is 18.1. The van der Waals surface area contributed by atoms with Crippen LogP contribution >= 0.6 is 0 Å². The Balaban J connectivity index is 1.44. The summed E-state index contributed by atoms with van der Waals surface area (Å²) in [7, 11) is 0. The van der Waals surface area contributed by atoms with E-state index in [1.807, 2.05) is 0 Å². The molecule has 0 saturated carbocycles. The van der Waals surface area contributed by atoms with E-state index < -0.39 is 104 Å². The molecule has 2 saturated heterocycles. The van der Waals surface area contributed by atoms with Crippen molar-refractivity contribution in [1.29, 1.82) is 0 Å². The fraction of sp³-hybridized carbons (Fsp3) is 0.350. The molecular formula is C40H42O16. The topological polar surface area (TPSA) is 291 Å². The number of aliphatic hydroxyl groups is 8. The van der Waals surface area contributed by atoms with Crippen molar-refractivity contribution in [2.75, 3.05) is 13.2 Å². The minimum Gasteiger partial charge on any atom is -0.508 e. The standard InChI is InChI=1S/C40H42O16/c41-14-25-31(48)33(50)35(52)39(54-25)29-22(45)12-19(13-23(29)46)28-27-18(4-1-16-2-7-20(43)8-3-16)11-24(47)30(40-36(53)34(51)32(49)26(15-42)55-40)38(27)56-37(28)17-5-9-21(44)10-6-17/h1-13,25-26,28,31-37,39-53H,14-15H2/b4-1+/t25-,26-,28-,31-,32-,33+,34+,35-,36-,37+,39?,40?/m1/s1.